The van der Waals surface area contributed by atoms with Crippen LogP contribution in [0.1, 0.15) is 38.1 Å². The summed E-state index contributed by atoms with van der Waals surface area (Å²) in [5.74, 6) is 0.834. The summed E-state index contributed by atoms with van der Waals surface area (Å²) in [6, 6.07) is 6.94. The molecular weight excluding hydrogens is 325 g/mol. The zero-order valence-corrected chi connectivity index (χ0v) is 13.8. The van der Waals surface area contributed by atoms with Gasteiger partial charge >= 0.3 is 6.18 Å². The summed E-state index contributed by atoms with van der Waals surface area (Å²) in [6.45, 7) is 5.11. The number of carbonyl (C=O) groups excluding carboxylic acids is 1. The molecule has 2 rings (SSSR count). The van der Waals surface area contributed by atoms with Crippen LogP contribution in [0.2, 0.25) is 0 Å². The normalized spacial score (nSPS) is 12.0. The van der Waals surface area contributed by atoms with Gasteiger partial charge in [-0.15, -0.1) is 0 Å². The van der Waals surface area contributed by atoms with Crippen molar-refractivity contribution in [1.29, 1.82) is 0 Å². The fraction of sp³-hybridized carbons (Fsp3) is 0.375. The first kappa shape index (κ1) is 17.6. The van der Waals surface area contributed by atoms with Crippen LogP contribution in [0.15, 0.2) is 30.5 Å². The number of imidazole rings is 1. The van der Waals surface area contributed by atoms with Gasteiger partial charge in [0.1, 0.15) is 5.82 Å². The summed E-state index contributed by atoms with van der Waals surface area (Å²) in [7, 11) is 0. The van der Waals surface area contributed by atoms with Gasteiger partial charge in [-0.1, -0.05) is 36.0 Å². The van der Waals surface area contributed by atoms with Crippen LogP contribution in [0.5, 0.6) is 0 Å². The molecule has 0 aliphatic heterocycles. The second-order valence-corrected chi connectivity index (χ2v) is 6.58. The van der Waals surface area contributed by atoms with Gasteiger partial charge in [0.05, 0.1) is 0 Å². The van der Waals surface area contributed by atoms with E-state index in [1.807, 2.05) is 13.8 Å². The van der Waals surface area contributed by atoms with Gasteiger partial charge in [0.15, 0.2) is 10.8 Å². The van der Waals surface area contributed by atoms with Crippen molar-refractivity contribution >= 4 is 16.9 Å². The monoisotopic (exact) mass is 342 g/mol. The molecule has 0 saturated heterocycles. The first-order valence-corrected chi connectivity index (χ1v) is 8.05. The third-order valence-electron chi connectivity index (χ3n) is 3.23. The maximum atomic E-state index is 12.9. The van der Waals surface area contributed by atoms with Crippen molar-refractivity contribution in [2.45, 2.75) is 38.7 Å². The Balaban J connectivity index is 2.33. The number of aromatic nitrogens is 2. The Labute approximate surface area is 136 Å². The van der Waals surface area contributed by atoms with Crippen LogP contribution in [0.4, 0.5) is 13.2 Å². The molecule has 7 heteroatoms. The molecule has 1 aromatic carbocycles. The Morgan fingerprint density at radius 1 is 1.26 bits per heavy atom. The molecule has 0 unspecified atom stereocenters. The second-order valence-electron chi connectivity index (χ2n) is 5.43. The van der Waals surface area contributed by atoms with Gasteiger partial charge < -0.3 is 4.57 Å². The number of nitrogens with zero attached hydrogens (tertiary/aromatic N) is 2. The van der Waals surface area contributed by atoms with Crippen LogP contribution < -0.4 is 0 Å². The first-order chi connectivity index (χ1) is 10.7. The summed E-state index contributed by atoms with van der Waals surface area (Å²) >= 11 is 1.19. The Morgan fingerprint density at radius 2 is 1.87 bits per heavy atom. The van der Waals surface area contributed by atoms with E-state index in [1.165, 1.54) is 23.3 Å². The molecular formula is C16H17F3N2OS. The Morgan fingerprint density at radius 3 is 2.35 bits per heavy atom. The molecule has 0 N–H and O–H groups in total. The van der Waals surface area contributed by atoms with Crippen molar-refractivity contribution in [3.05, 3.63) is 41.7 Å². The molecule has 3 nitrogen and oxygen atoms in total. The summed E-state index contributed by atoms with van der Waals surface area (Å²) in [5.41, 5.74) is 0.663. The van der Waals surface area contributed by atoms with Gasteiger partial charge in [0.25, 0.3) is 0 Å². The molecule has 0 spiro atoms. The number of hydrogen-bond donors (Lipinski definition) is 0. The highest BCUT2D eigenvalue weighted by atomic mass is 32.2. The van der Waals surface area contributed by atoms with Crippen molar-refractivity contribution in [3.63, 3.8) is 0 Å². The summed E-state index contributed by atoms with van der Waals surface area (Å²) in [5, 5.41) is 0.0271. The van der Waals surface area contributed by atoms with Crippen molar-refractivity contribution in [2.75, 3.05) is 0 Å². The fourth-order valence-electron chi connectivity index (χ4n) is 2.07. The van der Waals surface area contributed by atoms with E-state index < -0.39 is 11.9 Å². The van der Waals surface area contributed by atoms with Gasteiger partial charge in [0, 0.05) is 30.5 Å². The zero-order chi connectivity index (χ0) is 17.2. The molecule has 0 bridgehead atoms. The van der Waals surface area contributed by atoms with Gasteiger partial charge in [-0.3, -0.25) is 4.79 Å². The van der Waals surface area contributed by atoms with Crippen LogP contribution in [0, 0.1) is 0 Å². The number of thioether (sulfide) groups is 1. The number of hydrogen-bond acceptors (Lipinski definition) is 3. The van der Waals surface area contributed by atoms with Gasteiger partial charge in [-0.2, -0.15) is 13.2 Å². The quantitative estimate of drug-likeness (QED) is 0.790. The van der Waals surface area contributed by atoms with E-state index in [0.29, 0.717) is 11.3 Å². The molecule has 0 aliphatic rings. The van der Waals surface area contributed by atoms with Crippen molar-refractivity contribution in [1.82, 2.24) is 9.55 Å². The van der Waals surface area contributed by atoms with Crippen molar-refractivity contribution < 1.29 is 18.0 Å². The lowest BCUT2D eigenvalue weighted by molar-refractivity contribution is -0.140. The smallest absolute Gasteiger partial charge is 0.328 e. The minimum Gasteiger partial charge on any atom is -0.328 e. The molecule has 0 atom stereocenters. The predicted octanol–water partition coefficient (Wildman–Crippen LogP) is 4.93. The topological polar surface area (TPSA) is 34.9 Å². The number of alkyl halides is 3. The maximum absolute atomic E-state index is 12.9. The molecule has 1 aromatic heterocycles. The summed E-state index contributed by atoms with van der Waals surface area (Å²) in [6.07, 6.45) is -3.42. The third-order valence-corrected chi connectivity index (χ3v) is 4.12. The largest absolute Gasteiger partial charge is 0.434 e. The van der Waals surface area contributed by atoms with E-state index in [2.05, 4.69) is 4.98 Å². The standard InChI is InChI=1S/C16H17F3N2OS/c1-10(2)21-8-14(16(17,18)19)20-15(21)13-6-4-12(5-7-13)9-23-11(3)22/h4-8,10H,9H2,1-3H3. The van der Waals surface area contributed by atoms with Crippen LogP contribution in [-0.4, -0.2) is 14.7 Å². The molecule has 0 radical (unpaired) electrons. The lowest BCUT2D eigenvalue weighted by Crippen LogP contribution is -2.05. The van der Waals surface area contributed by atoms with E-state index in [1.54, 1.807) is 24.3 Å². The molecule has 2 aromatic rings. The molecule has 1 heterocycles. The van der Waals surface area contributed by atoms with E-state index in [4.69, 9.17) is 0 Å². The Hall–Kier alpha value is -1.76. The minimum atomic E-state index is -4.47. The Kier molecular flexibility index (Phi) is 5.19. The van der Waals surface area contributed by atoms with Gasteiger partial charge in [-0.05, 0) is 19.4 Å². The Bertz CT molecular complexity index is 690. The molecule has 0 fully saturated rings. The van der Waals surface area contributed by atoms with E-state index in [9.17, 15) is 18.0 Å². The average Bonchev–Trinajstić information content (AvgIpc) is 2.91. The molecule has 0 amide bonds. The molecule has 0 saturated carbocycles. The highest BCUT2D eigenvalue weighted by Gasteiger charge is 2.35. The SMILES string of the molecule is CC(=O)SCc1ccc(-c2nc(C(F)(F)F)cn2C(C)C)cc1. The van der Waals surface area contributed by atoms with Crippen molar-refractivity contribution in [3.8, 4) is 11.4 Å². The minimum absolute atomic E-state index is 0.0271. The van der Waals surface area contributed by atoms with E-state index in [0.717, 1.165) is 11.8 Å². The van der Waals surface area contributed by atoms with Crippen LogP contribution in [-0.2, 0) is 16.7 Å². The third kappa shape index (κ3) is 4.37. The number of halogens is 3. The van der Waals surface area contributed by atoms with Crippen molar-refractivity contribution in [2.24, 2.45) is 0 Å². The maximum Gasteiger partial charge on any atom is 0.434 e. The summed E-state index contributed by atoms with van der Waals surface area (Å²) < 4.78 is 40.2. The number of benzene rings is 1. The van der Waals surface area contributed by atoms with E-state index >= 15 is 0 Å². The lowest BCUT2D eigenvalue weighted by Gasteiger charge is -2.11. The number of carbonyl (C=O) groups is 1. The second kappa shape index (κ2) is 6.78. The predicted molar refractivity (Wildman–Crippen MR) is 85.0 cm³/mol. The first-order valence-electron chi connectivity index (χ1n) is 7.07. The highest BCUT2D eigenvalue weighted by Crippen LogP contribution is 2.32. The van der Waals surface area contributed by atoms with E-state index in [-0.39, 0.29) is 17.0 Å². The average molecular weight is 342 g/mol. The zero-order valence-electron chi connectivity index (χ0n) is 13.0. The molecule has 124 valence electrons. The molecule has 23 heavy (non-hydrogen) atoms. The summed E-state index contributed by atoms with van der Waals surface area (Å²) in [4.78, 5) is 14.7. The van der Waals surface area contributed by atoms with Gasteiger partial charge in [0.2, 0.25) is 0 Å². The fourth-order valence-corrected chi connectivity index (χ4v) is 2.63. The van der Waals surface area contributed by atoms with Crippen LogP contribution >= 0.6 is 11.8 Å². The number of rotatable bonds is 4. The lowest BCUT2D eigenvalue weighted by atomic mass is 10.1. The van der Waals surface area contributed by atoms with Crippen LogP contribution in [0.25, 0.3) is 11.4 Å². The van der Waals surface area contributed by atoms with Gasteiger partial charge in [-0.25, -0.2) is 4.98 Å². The van der Waals surface area contributed by atoms with Crippen LogP contribution in [0.3, 0.4) is 0 Å². The highest BCUT2D eigenvalue weighted by molar-refractivity contribution is 8.12. The molecule has 0 aliphatic carbocycles.